The van der Waals surface area contributed by atoms with Crippen LogP contribution in [0.5, 0.6) is 11.5 Å². The first-order valence-electron chi connectivity index (χ1n) is 4.54. The highest BCUT2D eigenvalue weighted by Crippen LogP contribution is 2.30. The molecular weight excluding hydrogens is 206 g/mol. The third kappa shape index (κ3) is 2.56. The molecule has 0 aliphatic carbocycles. The molecule has 0 radical (unpaired) electrons. The lowest BCUT2D eigenvalue weighted by atomic mass is 10.3. The zero-order chi connectivity index (χ0) is 10.7. The van der Waals surface area contributed by atoms with Gasteiger partial charge in [0.25, 0.3) is 0 Å². The quantitative estimate of drug-likeness (QED) is 0.774. The summed E-state index contributed by atoms with van der Waals surface area (Å²) in [6, 6.07) is 7.10. The summed E-state index contributed by atoms with van der Waals surface area (Å²) in [6.45, 7) is -2.72. The zero-order valence-corrected chi connectivity index (χ0v) is 7.86. The van der Waals surface area contributed by atoms with E-state index in [1.54, 1.807) is 18.2 Å². The lowest BCUT2D eigenvalue weighted by Gasteiger charge is -2.25. The topological polar surface area (TPSA) is 27.7 Å². The maximum atomic E-state index is 11.8. The third-order valence-corrected chi connectivity index (χ3v) is 1.98. The standard InChI is InChI=1S/C10H10F2O3/c11-10(12)14-6-7-5-13-8-3-1-2-4-9(8)15-7/h1-4,7,10H,5-6H2. The van der Waals surface area contributed by atoms with Crippen LogP contribution in [0.15, 0.2) is 24.3 Å². The predicted octanol–water partition coefficient (Wildman–Crippen LogP) is 2.07. The average molecular weight is 216 g/mol. The number of hydrogen-bond acceptors (Lipinski definition) is 3. The maximum Gasteiger partial charge on any atom is 0.345 e. The molecule has 0 bridgehead atoms. The van der Waals surface area contributed by atoms with Gasteiger partial charge in [0.15, 0.2) is 17.6 Å². The van der Waals surface area contributed by atoms with E-state index in [4.69, 9.17) is 9.47 Å². The first-order valence-corrected chi connectivity index (χ1v) is 4.54. The van der Waals surface area contributed by atoms with Crippen LogP contribution < -0.4 is 9.47 Å². The summed E-state index contributed by atoms with van der Waals surface area (Å²) in [6.07, 6.45) is -0.478. The fraction of sp³-hybridized carbons (Fsp3) is 0.400. The summed E-state index contributed by atoms with van der Waals surface area (Å²) in [5, 5.41) is 0. The fourth-order valence-electron chi connectivity index (χ4n) is 1.33. The zero-order valence-electron chi connectivity index (χ0n) is 7.86. The monoisotopic (exact) mass is 216 g/mol. The number of hydrogen-bond donors (Lipinski definition) is 0. The van der Waals surface area contributed by atoms with Gasteiger partial charge in [-0.15, -0.1) is 0 Å². The van der Waals surface area contributed by atoms with Gasteiger partial charge < -0.3 is 14.2 Å². The van der Waals surface area contributed by atoms with Gasteiger partial charge in [0, 0.05) is 0 Å². The lowest BCUT2D eigenvalue weighted by Crippen LogP contribution is -2.33. The summed E-state index contributed by atoms with van der Waals surface area (Å²) < 4.78 is 38.4. The van der Waals surface area contributed by atoms with E-state index in [1.807, 2.05) is 6.07 Å². The molecule has 1 aromatic rings. The van der Waals surface area contributed by atoms with Gasteiger partial charge in [0.2, 0.25) is 0 Å². The lowest BCUT2D eigenvalue weighted by molar-refractivity contribution is -0.149. The van der Waals surface area contributed by atoms with E-state index >= 15 is 0 Å². The molecule has 0 spiro atoms. The highest BCUT2D eigenvalue weighted by atomic mass is 19.3. The molecular formula is C10H10F2O3. The first-order chi connectivity index (χ1) is 7.25. The Balaban J connectivity index is 1.94. The van der Waals surface area contributed by atoms with Gasteiger partial charge in [-0.2, -0.15) is 8.78 Å². The highest BCUT2D eigenvalue weighted by molar-refractivity contribution is 5.40. The van der Waals surface area contributed by atoms with Crippen molar-refractivity contribution in [1.82, 2.24) is 0 Å². The van der Waals surface area contributed by atoms with Crippen molar-refractivity contribution in [2.45, 2.75) is 12.7 Å². The minimum Gasteiger partial charge on any atom is -0.486 e. The molecule has 82 valence electrons. The van der Waals surface area contributed by atoms with Crippen LogP contribution in [0.2, 0.25) is 0 Å². The number of halogens is 2. The van der Waals surface area contributed by atoms with E-state index in [0.29, 0.717) is 11.5 Å². The van der Waals surface area contributed by atoms with Gasteiger partial charge in [0.1, 0.15) is 6.61 Å². The van der Waals surface area contributed by atoms with Crippen molar-refractivity contribution in [1.29, 1.82) is 0 Å². The third-order valence-electron chi connectivity index (χ3n) is 1.98. The molecule has 15 heavy (non-hydrogen) atoms. The molecule has 2 rings (SSSR count). The van der Waals surface area contributed by atoms with E-state index < -0.39 is 12.7 Å². The van der Waals surface area contributed by atoms with Crippen LogP contribution in [0, 0.1) is 0 Å². The Morgan fingerprint density at radius 1 is 1.33 bits per heavy atom. The molecule has 0 saturated heterocycles. The second-order valence-corrected chi connectivity index (χ2v) is 3.09. The Kier molecular flexibility index (Phi) is 3.01. The van der Waals surface area contributed by atoms with Gasteiger partial charge in [0.05, 0.1) is 6.61 Å². The Labute approximate surface area is 85.6 Å². The molecule has 0 amide bonds. The van der Waals surface area contributed by atoms with E-state index in [2.05, 4.69) is 4.74 Å². The van der Waals surface area contributed by atoms with Crippen LogP contribution in [-0.2, 0) is 4.74 Å². The van der Waals surface area contributed by atoms with E-state index in [1.165, 1.54) is 0 Å². The Hall–Kier alpha value is -1.36. The molecule has 0 aromatic heterocycles. The smallest absolute Gasteiger partial charge is 0.345 e. The minimum atomic E-state index is -2.77. The largest absolute Gasteiger partial charge is 0.486 e. The van der Waals surface area contributed by atoms with Crippen molar-refractivity contribution in [2.75, 3.05) is 13.2 Å². The van der Waals surface area contributed by atoms with Crippen molar-refractivity contribution < 1.29 is 23.0 Å². The minimum absolute atomic E-state index is 0.175. The molecule has 1 aromatic carbocycles. The molecule has 0 saturated carbocycles. The average Bonchev–Trinajstić information content (AvgIpc) is 2.26. The van der Waals surface area contributed by atoms with Crippen LogP contribution in [0.1, 0.15) is 0 Å². The molecule has 0 fully saturated rings. The number of fused-ring (bicyclic) bond motifs is 1. The second-order valence-electron chi connectivity index (χ2n) is 3.09. The second kappa shape index (κ2) is 4.44. The van der Waals surface area contributed by atoms with Crippen molar-refractivity contribution in [2.24, 2.45) is 0 Å². The van der Waals surface area contributed by atoms with Gasteiger partial charge in [-0.3, -0.25) is 0 Å². The Morgan fingerprint density at radius 2 is 2.07 bits per heavy atom. The van der Waals surface area contributed by atoms with Crippen molar-refractivity contribution in [3.8, 4) is 11.5 Å². The summed E-state index contributed by atoms with van der Waals surface area (Å²) in [4.78, 5) is 0. The Morgan fingerprint density at radius 3 is 2.80 bits per heavy atom. The summed E-state index contributed by atoms with van der Waals surface area (Å²) in [5.41, 5.74) is 0. The number of benzene rings is 1. The Bertz CT molecular complexity index is 330. The van der Waals surface area contributed by atoms with E-state index in [0.717, 1.165) is 0 Å². The summed E-state index contributed by atoms with van der Waals surface area (Å²) in [7, 11) is 0. The molecule has 0 N–H and O–H groups in total. The van der Waals surface area contributed by atoms with Crippen molar-refractivity contribution in [3.05, 3.63) is 24.3 Å². The summed E-state index contributed by atoms with van der Waals surface area (Å²) >= 11 is 0. The molecule has 5 heteroatoms. The van der Waals surface area contributed by atoms with Gasteiger partial charge in [-0.1, -0.05) is 12.1 Å². The molecule has 1 unspecified atom stereocenters. The first kappa shape index (κ1) is 10.2. The van der Waals surface area contributed by atoms with Gasteiger partial charge in [-0.05, 0) is 12.1 Å². The summed E-state index contributed by atoms with van der Waals surface area (Å²) in [5.74, 6) is 1.19. The predicted molar refractivity (Wildman–Crippen MR) is 48.3 cm³/mol. The van der Waals surface area contributed by atoms with Crippen LogP contribution in [0.3, 0.4) is 0 Å². The van der Waals surface area contributed by atoms with Gasteiger partial charge in [-0.25, -0.2) is 0 Å². The van der Waals surface area contributed by atoms with Crippen LogP contribution in [-0.4, -0.2) is 25.9 Å². The maximum absolute atomic E-state index is 11.8. The van der Waals surface area contributed by atoms with Crippen LogP contribution >= 0.6 is 0 Å². The van der Waals surface area contributed by atoms with Crippen molar-refractivity contribution in [3.63, 3.8) is 0 Å². The number of para-hydroxylation sites is 2. The fourth-order valence-corrected chi connectivity index (χ4v) is 1.33. The molecule has 1 aliphatic rings. The molecule has 1 aliphatic heterocycles. The number of alkyl halides is 2. The molecule has 1 heterocycles. The van der Waals surface area contributed by atoms with E-state index in [-0.39, 0.29) is 13.2 Å². The number of ether oxygens (including phenoxy) is 3. The normalized spacial score (nSPS) is 19.3. The SMILES string of the molecule is FC(F)OCC1COc2ccccc2O1. The highest BCUT2D eigenvalue weighted by Gasteiger charge is 2.21. The van der Waals surface area contributed by atoms with Crippen molar-refractivity contribution >= 4 is 0 Å². The van der Waals surface area contributed by atoms with Crippen LogP contribution in [0.25, 0.3) is 0 Å². The molecule has 1 atom stereocenters. The van der Waals surface area contributed by atoms with E-state index in [9.17, 15) is 8.78 Å². The number of rotatable bonds is 3. The molecule has 3 nitrogen and oxygen atoms in total. The van der Waals surface area contributed by atoms with Crippen LogP contribution in [0.4, 0.5) is 8.78 Å². The van der Waals surface area contributed by atoms with Gasteiger partial charge >= 0.3 is 6.61 Å².